The number of amides is 1. The Labute approximate surface area is 207 Å². The maximum Gasteiger partial charge on any atom is 0.488 e. The summed E-state index contributed by atoms with van der Waals surface area (Å²) in [4.78, 5) is 29.7. The average Bonchev–Trinajstić information content (AvgIpc) is 3.12. The summed E-state index contributed by atoms with van der Waals surface area (Å²) in [7, 11) is -1.44. The van der Waals surface area contributed by atoms with Crippen molar-refractivity contribution >= 4 is 24.3 Å². The van der Waals surface area contributed by atoms with Crippen LogP contribution in [0.1, 0.15) is 74.5 Å². The maximum absolute atomic E-state index is 13.2. The number of rotatable bonds is 7. The zero-order valence-electron chi connectivity index (χ0n) is 20.5. The van der Waals surface area contributed by atoms with Crippen LogP contribution in [0.3, 0.4) is 0 Å². The first kappa shape index (κ1) is 24.2. The first-order chi connectivity index (χ1) is 16.9. The fraction of sp³-hybridized carbons (Fsp3) is 0.536. The van der Waals surface area contributed by atoms with E-state index in [1.807, 2.05) is 24.3 Å². The Morgan fingerprint density at radius 3 is 2.89 bits per heavy atom. The number of aryl methyl sites for hydroxylation is 1. The van der Waals surface area contributed by atoms with Crippen molar-refractivity contribution in [2.24, 2.45) is 23.2 Å². The highest BCUT2D eigenvalue weighted by Gasteiger charge is 2.58. The third kappa shape index (κ3) is 4.68. The second-order valence-corrected chi connectivity index (χ2v) is 11.0. The third-order valence-corrected chi connectivity index (χ3v) is 9.08. The predicted octanol–water partition coefficient (Wildman–Crippen LogP) is 2.90. The molecule has 184 valence electrons. The molecule has 1 aromatic heterocycles. The molecule has 35 heavy (non-hydrogen) atoms. The number of ketones is 1. The van der Waals surface area contributed by atoms with Crippen molar-refractivity contribution in [3.63, 3.8) is 0 Å². The van der Waals surface area contributed by atoms with Crippen LogP contribution < -0.4 is 10.8 Å². The molecule has 1 heterocycles. The second-order valence-electron chi connectivity index (χ2n) is 11.0. The summed E-state index contributed by atoms with van der Waals surface area (Å²) in [6, 6.07) is 9.69. The van der Waals surface area contributed by atoms with E-state index in [-0.39, 0.29) is 11.3 Å². The van der Waals surface area contributed by atoms with Gasteiger partial charge in [-0.1, -0.05) is 31.2 Å². The van der Waals surface area contributed by atoms with E-state index in [9.17, 15) is 19.6 Å². The highest BCUT2D eigenvalue weighted by molar-refractivity contribution is 6.58. The van der Waals surface area contributed by atoms with Crippen LogP contribution in [0.25, 0.3) is 0 Å². The lowest BCUT2D eigenvalue weighted by atomic mass is 9.53. The van der Waals surface area contributed by atoms with Crippen LogP contribution in [-0.4, -0.2) is 33.8 Å². The van der Waals surface area contributed by atoms with Gasteiger partial charge in [0.1, 0.15) is 5.78 Å². The van der Waals surface area contributed by atoms with Crippen molar-refractivity contribution < 1.29 is 19.6 Å². The molecule has 1 aromatic carbocycles. The lowest BCUT2D eigenvalue weighted by molar-refractivity contribution is -0.129. The zero-order chi connectivity index (χ0) is 24.6. The van der Waals surface area contributed by atoms with E-state index in [2.05, 4.69) is 23.3 Å². The monoisotopic (exact) mass is 474 g/mol. The van der Waals surface area contributed by atoms with Gasteiger partial charge in [-0.3, -0.25) is 14.6 Å². The van der Waals surface area contributed by atoms with Gasteiger partial charge in [0, 0.05) is 37.2 Å². The number of fused-ring (bicyclic) bond motifs is 5. The van der Waals surface area contributed by atoms with E-state index in [0.29, 0.717) is 54.3 Å². The minimum absolute atomic E-state index is 0.0518. The van der Waals surface area contributed by atoms with E-state index in [4.69, 9.17) is 0 Å². The van der Waals surface area contributed by atoms with Crippen molar-refractivity contribution in [2.45, 2.75) is 70.8 Å². The molecule has 0 spiro atoms. The molecule has 0 bridgehead atoms. The van der Waals surface area contributed by atoms with Gasteiger partial charge in [0.05, 0.1) is 0 Å². The normalized spacial score (nSPS) is 29.2. The van der Waals surface area contributed by atoms with Gasteiger partial charge in [-0.2, -0.15) is 0 Å². The van der Waals surface area contributed by atoms with Crippen LogP contribution in [0.5, 0.6) is 0 Å². The van der Waals surface area contributed by atoms with Gasteiger partial charge in [-0.15, -0.1) is 0 Å². The minimum atomic E-state index is -1.44. The smallest absolute Gasteiger partial charge is 0.423 e. The standard InChI is InChI=1S/C28H35BN2O4/c1-28-12-11-23-22-10-8-21(29(34)35)14-19(22)7-9-24(23)27(28)20(15-25(28)32)5-2-6-26(33)31-17-18-4-3-13-30-16-18/h3-4,8,10,13-14,16,20,23-24,27,34-35H,2,5-7,9,11-12,15,17H2,1H3,(H,31,33)/t20-,23?,24?,27?,28+/m0/s1. The van der Waals surface area contributed by atoms with E-state index >= 15 is 0 Å². The Morgan fingerprint density at radius 1 is 1.26 bits per heavy atom. The minimum Gasteiger partial charge on any atom is -0.423 e. The number of hydrogen-bond acceptors (Lipinski definition) is 5. The number of Topliss-reactive ketones (excluding diaryl/α,β-unsaturated/α-hetero) is 1. The highest BCUT2D eigenvalue weighted by Crippen LogP contribution is 2.62. The number of nitrogens with zero attached hydrogens (tertiary/aromatic N) is 1. The molecular formula is C28H35BN2O4. The number of aromatic nitrogens is 1. The summed E-state index contributed by atoms with van der Waals surface area (Å²) >= 11 is 0. The molecule has 2 fully saturated rings. The fourth-order valence-corrected chi connectivity index (χ4v) is 7.40. The number of nitrogens with one attached hydrogen (secondary N) is 1. The Morgan fingerprint density at radius 2 is 2.11 bits per heavy atom. The zero-order valence-corrected chi connectivity index (χ0v) is 20.5. The van der Waals surface area contributed by atoms with Gasteiger partial charge in [0.2, 0.25) is 5.91 Å². The lowest BCUT2D eigenvalue weighted by Crippen LogP contribution is -2.44. The average molecular weight is 474 g/mol. The highest BCUT2D eigenvalue weighted by atomic mass is 16.4. The van der Waals surface area contributed by atoms with Crippen molar-refractivity contribution in [1.29, 1.82) is 0 Å². The summed E-state index contributed by atoms with van der Waals surface area (Å²) in [6.45, 7) is 2.69. The van der Waals surface area contributed by atoms with Gasteiger partial charge in [0.15, 0.2) is 0 Å². The van der Waals surface area contributed by atoms with Gasteiger partial charge in [0.25, 0.3) is 0 Å². The molecule has 3 aliphatic carbocycles. The summed E-state index contributed by atoms with van der Waals surface area (Å²) in [5.41, 5.74) is 3.86. The predicted molar refractivity (Wildman–Crippen MR) is 135 cm³/mol. The fourth-order valence-electron chi connectivity index (χ4n) is 7.40. The first-order valence-electron chi connectivity index (χ1n) is 13.0. The molecule has 3 aliphatic rings. The van der Waals surface area contributed by atoms with Gasteiger partial charge >= 0.3 is 7.12 Å². The SMILES string of the molecule is C[C@]12CCC3c4ccc(B(O)O)cc4CCC3C1[C@@H](CCCC(=O)NCc1cccnc1)CC2=O. The van der Waals surface area contributed by atoms with E-state index < -0.39 is 7.12 Å². The molecule has 2 saturated carbocycles. The van der Waals surface area contributed by atoms with E-state index in [1.165, 1.54) is 11.1 Å². The number of carbonyl (C=O) groups excluding carboxylic acids is 2. The third-order valence-electron chi connectivity index (χ3n) is 9.08. The summed E-state index contributed by atoms with van der Waals surface area (Å²) < 4.78 is 0. The van der Waals surface area contributed by atoms with Crippen LogP contribution in [-0.2, 0) is 22.6 Å². The van der Waals surface area contributed by atoms with Crippen LogP contribution in [0.15, 0.2) is 42.7 Å². The Kier molecular flexibility index (Phi) is 6.82. The largest absolute Gasteiger partial charge is 0.488 e. The topological polar surface area (TPSA) is 99.5 Å². The molecule has 2 aromatic rings. The van der Waals surface area contributed by atoms with Crippen LogP contribution in [0, 0.1) is 23.2 Å². The molecule has 0 saturated heterocycles. The molecule has 0 aliphatic heterocycles. The Hall–Kier alpha value is -2.51. The van der Waals surface area contributed by atoms with Crippen molar-refractivity contribution in [1.82, 2.24) is 10.3 Å². The second kappa shape index (κ2) is 9.86. The quantitative estimate of drug-likeness (QED) is 0.536. The summed E-state index contributed by atoms with van der Waals surface area (Å²) in [5.74, 6) is 2.07. The number of hydrogen-bond donors (Lipinski definition) is 3. The Bertz CT molecular complexity index is 1090. The number of carbonyl (C=O) groups is 2. The first-order valence-corrected chi connectivity index (χ1v) is 13.0. The molecule has 6 nitrogen and oxygen atoms in total. The van der Waals surface area contributed by atoms with Crippen LogP contribution in [0.4, 0.5) is 0 Å². The Balaban J connectivity index is 1.24. The maximum atomic E-state index is 13.2. The van der Waals surface area contributed by atoms with Crippen molar-refractivity contribution in [2.75, 3.05) is 0 Å². The van der Waals surface area contributed by atoms with Gasteiger partial charge in [-0.25, -0.2) is 0 Å². The summed E-state index contributed by atoms with van der Waals surface area (Å²) in [6.07, 6.45) is 10.2. The molecular weight excluding hydrogens is 439 g/mol. The molecule has 5 rings (SSSR count). The summed E-state index contributed by atoms with van der Waals surface area (Å²) in [5, 5.41) is 22.1. The lowest BCUT2D eigenvalue weighted by Gasteiger charge is -2.50. The molecule has 0 radical (unpaired) electrons. The van der Waals surface area contributed by atoms with E-state index in [0.717, 1.165) is 44.1 Å². The number of benzene rings is 1. The number of pyridine rings is 1. The molecule has 7 heteroatoms. The van der Waals surface area contributed by atoms with Crippen LogP contribution >= 0.6 is 0 Å². The molecule has 1 amide bonds. The molecule has 3 N–H and O–H groups in total. The van der Waals surface area contributed by atoms with Crippen molar-refractivity contribution in [3.8, 4) is 0 Å². The van der Waals surface area contributed by atoms with E-state index in [1.54, 1.807) is 12.4 Å². The van der Waals surface area contributed by atoms with Gasteiger partial charge in [-0.05, 0) is 90.4 Å². The van der Waals surface area contributed by atoms with Crippen molar-refractivity contribution in [3.05, 3.63) is 59.4 Å². The molecule has 3 unspecified atom stereocenters. The molecule has 5 atom stereocenters. The van der Waals surface area contributed by atoms with Gasteiger partial charge < -0.3 is 15.4 Å². The van der Waals surface area contributed by atoms with Crippen LogP contribution in [0.2, 0.25) is 0 Å².